The van der Waals surface area contributed by atoms with Crippen molar-refractivity contribution >= 4 is 50.7 Å². The molecule has 0 N–H and O–H groups in total. The summed E-state index contributed by atoms with van der Waals surface area (Å²) in [4.78, 5) is 53.4. The van der Waals surface area contributed by atoms with Gasteiger partial charge in [0.15, 0.2) is 4.80 Å². The Morgan fingerprint density at radius 1 is 1.14 bits per heavy atom. The molecule has 12 nitrogen and oxygen atoms in total. The molecule has 0 amide bonds. The first-order valence-corrected chi connectivity index (χ1v) is 14.1. The predicted molar refractivity (Wildman–Crippen MR) is 157 cm³/mol. The van der Waals surface area contributed by atoms with Gasteiger partial charge in [-0.3, -0.25) is 29.6 Å². The van der Waals surface area contributed by atoms with E-state index in [-0.39, 0.29) is 28.1 Å². The van der Waals surface area contributed by atoms with Crippen LogP contribution in [0.15, 0.2) is 78.5 Å². The number of ether oxygens (including phenoxy) is 1. The second kappa shape index (κ2) is 11.3. The zero-order valence-corrected chi connectivity index (χ0v) is 24.7. The maximum absolute atomic E-state index is 13.8. The predicted octanol–water partition coefficient (Wildman–Crippen LogP) is 4.95. The van der Waals surface area contributed by atoms with Gasteiger partial charge in [-0.25, -0.2) is 9.79 Å². The fourth-order valence-corrected chi connectivity index (χ4v) is 6.21. The molecule has 2 aromatic carbocycles. The highest BCUT2D eigenvalue weighted by atomic mass is 79.9. The Balaban J connectivity index is 1.64. The minimum atomic E-state index is -1.01. The third-order valence-corrected chi connectivity index (χ3v) is 8.23. The van der Waals surface area contributed by atoms with Gasteiger partial charge < -0.3 is 9.15 Å². The Hall–Kier alpha value is -4.69. The molecule has 0 saturated carbocycles. The summed E-state index contributed by atoms with van der Waals surface area (Å²) in [5.74, 6) is 0.0797. The van der Waals surface area contributed by atoms with Crippen LogP contribution in [0.1, 0.15) is 36.8 Å². The maximum Gasteiger partial charge on any atom is 0.338 e. The molecule has 2 aromatic heterocycles. The highest BCUT2D eigenvalue weighted by molar-refractivity contribution is 9.10. The zero-order chi connectivity index (χ0) is 30.3. The number of nitro groups is 2. The molecule has 1 atom stereocenters. The molecule has 4 aromatic rings. The van der Waals surface area contributed by atoms with E-state index >= 15 is 0 Å². The average molecular weight is 653 g/mol. The molecule has 0 fully saturated rings. The molecule has 0 bridgehead atoms. The van der Waals surface area contributed by atoms with E-state index in [1.165, 1.54) is 28.8 Å². The molecule has 0 spiro atoms. The number of allylic oxidation sites excluding steroid dienone is 1. The van der Waals surface area contributed by atoms with E-state index in [0.717, 1.165) is 11.3 Å². The largest absolute Gasteiger partial charge is 0.463 e. The lowest BCUT2D eigenvalue weighted by Gasteiger charge is -2.24. The van der Waals surface area contributed by atoms with Gasteiger partial charge in [0.05, 0.1) is 38.3 Å². The van der Waals surface area contributed by atoms with Crippen molar-refractivity contribution in [3.8, 4) is 11.3 Å². The third-order valence-electron chi connectivity index (χ3n) is 6.59. The van der Waals surface area contributed by atoms with E-state index in [1.807, 2.05) is 0 Å². The molecule has 0 unspecified atom stereocenters. The lowest BCUT2D eigenvalue weighted by Crippen LogP contribution is -2.40. The van der Waals surface area contributed by atoms with E-state index in [0.29, 0.717) is 43.2 Å². The molecule has 42 heavy (non-hydrogen) atoms. The molecule has 14 heteroatoms. The smallest absolute Gasteiger partial charge is 0.338 e. The minimum absolute atomic E-state index is 0.0792. The lowest BCUT2D eigenvalue weighted by atomic mass is 9.94. The van der Waals surface area contributed by atoms with E-state index in [4.69, 9.17) is 9.15 Å². The van der Waals surface area contributed by atoms with Crippen LogP contribution < -0.4 is 14.9 Å². The lowest BCUT2D eigenvalue weighted by molar-refractivity contribution is -0.385. The summed E-state index contributed by atoms with van der Waals surface area (Å²) in [6, 6.07) is 11.2. The molecule has 0 saturated heterocycles. The number of rotatable bonds is 7. The molecular weight excluding hydrogens is 632 g/mol. The number of furan rings is 1. The van der Waals surface area contributed by atoms with Gasteiger partial charge in [-0.05, 0) is 60.5 Å². The number of fused-ring (bicyclic) bond motifs is 1. The summed E-state index contributed by atoms with van der Waals surface area (Å²) >= 11 is 4.41. The van der Waals surface area contributed by atoms with Crippen LogP contribution in [-0.4, -0.2) is 27.0 Å². The summed E-state index contributed by atoms with van der Waals surface area (Å²) in [6.07, 6.45) is 1.53. The second-order valence-electron chi connectivity index (χ2n) is 9.23. The number of carbonyl (C=O) groups excluding carboxylic acids is 1. The Bertz CT molecular complexity index is 2010. The van der Waals surface area contributed by atoms with Crippen LogP contribution in [0.5, 0.6) is 0 Å². The summed E-state index contributed by atoms with van der Waals surface area (Å²) in [5.41, 5.74) is 1.11. The van der Waals surface area contributed by atoms with Gasteiger partial charge in [0.2, 0.25) is 0 Å². The number of nitro benzene ring substituents is 2. The van der Waals surface area contributed by atoms with Gasteiger partial charge >= 0.3 is 5.97 Å². The van der Waals surface area contributed by atoms with Crippen molar-refractivity contribution in [2.24, 2.45) is 4.99 Å². The van der Waals surface area contributed by atoms with Crippen LogP contribution in [0.4, 0.5) is 11.4 Å². The van der Waals surface area contributed by atoms with Crippen LogP contribution in [0.2, 0.25) is 0 Å². The first kappa shape index (κ1) is 28.8. The standard InChI is InChI=1S/C28H21BrN4O8S/c1-4-40-27(35)24-15(3)30-28-31(25(24)16-6-5-14(2)21(11-16)33(38)39)26(34)23(42-28)13-18-8-10-22(41-18)19-9-7-17(32(36)37)12-20(19)29/h5-13,25H,4H2,1-3H3/b23-13+/t25-/m0/s1. The van der Waals surface area contributed by atoms with Crippen LogP contribution in [0.25, 0.3) is 17.4 Å². The fourth-order valence-electron chi connectivity index (χ4n) is 4.62. The van der Waals surface area contributed by atoms with Crippen molar-refractivity contribution in [3.05, 3.63) is 121 Å². The number of halogens is 1. The monoisotopic (exact) mass is 652 g/mol. The van der Waals surface area contributed by atoms with Crippen molar-refractivity contribution in [1.29, 1.82) is 0 Å². The normalized spacial score (nSPS) is 14.9. The number of hydrogen-bond acceptors (Lipinski definition) is 10. The van der Waals surface area contributed by atoms with Crippen molar-refractivity contribution in [2.75, 3.05) is 6.61 Å². The van der Waals surface area contributed by atoms with Gasteiger partial charge in [0, 0.05) is 39.9 Å². The number of nitrogens with zero attached hydrogens (tertiary/aromatic N) is 4. The van der Waals surface area contributed by atoms with E-state index < -0.39 is 27.4 Å². The zero-order valence-electron chi connectivity index (χ0n) is 22.3. The topological polar surface area (TPSA) is 160 Å². The number of esters is 1. The molecule has 1 aliphatic heterocycles. The SMILES string of the molecule is CCOC(=O)C1=C(C)N=c2s/c(=C/c3ccc(-c4ccc([N+](=O)[O-])cc4Br)o3)c(=O)n2[C@H]1c1ccc(C)c([N+](=O)[O-])c1. The number of aromatic nitrogens is 1. The van der Waals surface area contributed by atoms with Crippen LogP contribution in [-0.2, 0) is 9.53 Å². The Kier molecular flexibility index (Phi) is 7.75. The third kappa shape index (κ3) is 5.21. The van der Waals surface area contributed by atoms with E-state index in [9.17, 15) is 29.8 Å². The van der Waals surface area contributed by atoms with Crippen molar-refractivity contribution in [3.63, 3.8) is 0 Å². The molecule has 5 rings (SSSR count). The molecule has 3 heterocycles. The number of hydrogen-bond donors (Lipinski definition) is 0. The quantitative estimate of drug-likeness (QED) is 0.154. The van der Waals surface area contributed by atoms with Gasteiger partial charge in [0.25, 0.3) is 16.9 Å². The Morgan fingerprint density at radius 2 is 1.90 bits per heavy atom. The van der Waals surface area contributed by atoms with Gasteiger partial charge in [-0.1, -0.05) is 23.5 Å². The highest BCUT2D eigenvalue weighted by Gasteiger charge is 2.34. The maximum atomic E-state index is 13.8. The molecule has 0 aliphatic carbocycles. The molecular formula is C28H21BrN4O8S. The van der Waals surface area contributed by atoms with Crippen molar-refractivity contribution in [2.45, 2.75) is 26.8 Å². The second-order valence-corrected chi connectivity index (χ2v) is 11.1. The number of thiazole rings is 1. The summed E-state index contributed by atoms with van der Waals surface area (Å²) in [6.45, 7) is 4.97. The van der Waals surface area contributed by atoms with E-state index in [2.05, 4.69) is 20.9 Å². The highest BCUT2D eigenvalue weighted by Crippen LogP contribution is 2.34. The average Bonchev–Trinajstić information content (AvgIpc) is 3.52. The fraction of sp³-hybridized carbons (Fsp3) is 0.179. The number of carbonyl (C=O) groups is 1. The van der Waals surface area contributed by atoms with E-state index in [1.54, 1.807) is 51.1 Å². The van der Waals surface area contributed by atoms with Crippen molar-refractivity contribution in [1.82, 2.24) is 4.57 Å². The number of benzene rings is 2. The summed E-state index contributed by atoms with van der Waals surface area (Å²) in [5, 5.41) is 22.8. The number of aryl methyl sites for hydroxylation is 1. The molecule has 1 aliphatic rings. The summed E-state index contributed by atoms with van der Waals surface area (Å²) < 4.78 is 13.3. The summed E-state index contributed by atoms with van der Waals surface area (Å²) in [7, 11) is 0. The van der Waals surface area contributed by atoms with Gasteiger partial charge in [-0.15, -0.1) is 0 Å². The first-order valence-electron chi connectivity index (χ1n) is 12.5. The van der Waals surface area contributed by atoms with Gasteiger partial charge in [-0.2, -0.15) is 0 Å². The first-order chi connectivity index (χ1) is 20.0. The Morgan fingerprint density at radius 3 is 2.57 bits per heavy atom. The van der Waals surface area contributed by atoms with Crippen LogP contribution >= 0.6 is 27.3 Å². The Labute approximate surface area is 249 Å². The molecule has 0 radical (unpaired) electrons. The van der Waals surface area contributed by atoms with Gasteiger partial charge in [0.1, 0.15) is 11.5 Å². The number of non-ortho nitro benzene ring substituents is 1. The van der Waals surface area contributed by atoms with Crippen LogP contribution in [0, 0.1) is 27.2 Å². The minimum Gasteiger partial charge on any atom is -0.463 e. The van der Waals surface area contributed by atoms with Crippen molar-refractivity contribution < 1.29 is 23.8 Å². The molecule has 214 valence electrons. The van der Waals surface area contributed by atoms with Crippen LogP contribution in [0.3, 0.4) is 0 Å².